The van der Waals surface area contributed by atoms with Gasteiger partial charge in [0.1, 0.15) is 0 Å². The van der Waals surface area contributed by atoms with Crippen LogP contribution >= 0.6 is 0 Å². The summed E-state index contributed by atoms with van der Waals surface area (Å²) >= 11 is 0. The molecule has 5 rings (SSSR count). The Bertz CT molecular complexity index is 1020. The van der Waals surface area contributed by atoms with Gasteiger partial charge in [-0.05, 0) is 38.8 Å². The highest BCUT2D eigenvalue weighted by Gasteiger charge is 2.55. The second-order valence-corrected chi connectivity index (χ2v) is 8.18. The van der Waals surface area contributed by atoms with Gasteiger partial charge in [-0.1, -0.05) is 5.21 Å². The van der Waals surface area contributed by atoms with E-state index in [1.165, 1.54) is 0 Å². The average molecular weight is 380 g/mol. The van der Waals surface area contributed by atoms with E-state index in [4.69, 9.17) is 4.74 Å². The van der Waals surface area contributed by atoms with Gasteiger partial charge >= 0.3 is 0 Å². The fourth-order valence-electron chi connectivity index (χ4n) is 4.57. The molecule has 3 aromatic rings. The van der Waals surface area contributed by atoms with Crippen molar-refractivity contribution in [1.82, 2.24) is 29.5 Å². The van der Waals surface area contributed by atoms with E-state index in [2.05, 4.69) is 35.5 Å². The minimum atomic E-state index is 0.0377. The molecule has 8 heteroatoms. The lowest BCUT2D eigenvalue weighted by atomic mass is 9.64. The number of carbonyl (C=O) groups excluding carboxylic acids is 1. The van der Waals surface area contributed by atoms with E-state index in [0.717, 1.165) is 43.7 Å². The molecule has 0 N–H and O–H groups in total. The van der Waals surface area contributed by atoms with Crippen molar-refractivity contribution in [2.45, 2.75) is 38.8 Å². The first-order valence-electron chi connectivity index (χ1n) is 9.80. The van der Waals surface area contributed by atoms with Crippen LogP contribution in [0, 0.1) is 5.41 Å². The molecule has 0 radical (unpaired) electrons. The molecule has 28 heavy (non-hydrogen) atoms. The molecule has 2 fully saturated rings. The Morgan fingerprint density at radius 2 is 2.11 bits per heavy atom. The SMILES string of the molecule is CC(C)n1cc(C2N(C(=O)c3ccn4nncc4c3)CC23CCOCC3)cn1. The molecular weight excluding hydrogens is 356 g/mol. The molecule has 0 aliphatic carbocycles. The number of pyridine rings is 1. The molecule has 1 amide bonds. The quantitative estimate of drug-likeness (QED) is 0.698. The summed E-state index contributed by atoms with van der Waals surface area (Å²) in [4.78, 5) is 15.3. The van der Waals surface area contributed by atoms with Crippen LogP contribution in [0.2, 0.25) is 0 Å². The third kappa shape index (κ3) is 2.63. The number of rotatable bonds is 3. The number of nitrogens with zero attached hydrogens (tertiary/aromatic N) is 6. The van der Waals surface area contributed by atoms with E-state index in [9.17, 15) is 4.79 Å². The van der Waals surface area contributed by atoms with Crippen LogP contribution in [0.5, 0.6) is 0 Å². The van der Waals surface area contributed by atoms with Crippen molar-refractivity contribution >= 4 is 11.4 Å². The molecule has 0 aromatic carbocycles. The summed E-state index contributed by atoms with van der Waals surface area (Å²) in [6.45, 7) is 6.49. The Hall–Kier alpha value is -2.74. The minimum Gasteiger partial charge on any atom is -0.381 e. The lowest BCUT2D eigenvalue weighted by Crippen LogP contribution is -2.62. The second-order valence-electron chi connectivity index (χ2n) is 8.18. The van der Waals surface area contributed by atoms with Gasteiger partial charge in [-0.3, -0.25) is 9.48 Å². The molecule has 146 valence electrons. The molecule has 2 aliphatic rings. The molecule has 5 heterocycles. The molecule has 1 atom stereocenters. The van der Waals surface area contributed by atoms with E-state index < -0.39 is 0 Å². The molecule has 3 aromatic heterocycles. The van der Waals surface area contributed by atoms with Crippen molar-refractivity contribution in [2.75, 3.05) is 19.8 Å². The Labute approximate surface area is 163 Å². The van der Waals surface area contributed by atoms with Crippen LogP contribution in [-0.2, 0) is 4.74 Å². The molecule has 1 unspecified atom stereocenters. The Kier molecular flexibility index (Phi) is 3.97. The number of likely N-dealkylation sites (tertiary alicyclic amines) is 1. The summed E-state index contributed by atoms with van der Waals surface area (Å²) in [7, 11) is 0. The zero-order valence-corrected chi connectivity index (χ0v) is 16.2. The van der Waals surface area contributed by atoms with Gasteiger partial charge in [0.25, 0.3) is 5.91 Å². The highest BCUT2D eigenvalue weighted by atomic mass is 16.5. The third-order valence-electron chi connectivity index (χ3n) is 6.14. The zero-order chi connectivity index (χ0) is 19.3. The van der Waals surface area contributed by atoms with Gasteiger partial charge in [0.05, 0.1) is 24.0 Å². The lowest BCUT2D eigenvalue weighted by Gasteiger charge is -2.59. The van der Waals surface area contributed by atoms with Crippen LogP contribution in [-0.4, -0.2) is 55.2 Å². The summed E-state index contributed by atoms with van der Waals surface area (Å²) in [6, 6.07) is 4.00. The fourth-order valence-corrected chi connectivity index (χ4v) is 4.57. The number of hydrogen-bond donors (Lipinski definition) is 0. The highest BCUT2D eigenvalue weighted by Crippen LogP contribution is 2.55. The predicted octanol–water partition coefficient (Wildman–Crippen LogP) is 2.50. The highest BCUT2D eigenvalue weighted by molar-refractivity contribution is 5.96. The van der Waals surface area contributed by atoms with Crippen molar-refractivity contribution in [1.29, 1.82) is 0 Å². The van der Waals surface area contributed by atoms with Gasteiger partial charge in [-0.2, -0.15) is 5.10 Å². The van der Waals surface area contributed by atoms with Gasteiger partial charge in [0.15, 0.2) is 0 Å². The van der Waals surface area contributed by atoms with Gasteiger partial charge < -0.3 is 9.64 Å². The fraction of sp³-hybridized carbons (Fsp3) is 0.500. The van der Waals surface area contributed by atoms with E-state index in [1.807, 2.05) is 27.9 Å². The lowest BCUT2D eigenvalue weighted by molar-refractivity contribution is -0.115. The molecule has 2 aliphatic heterocycles. The van der Waals surface area contributed by atoms with Crippen LogP contribution < -0.4 is 0 Å². The maximum Gasteiger partial charge on any atom is 0.254 e. The minimum absolute atomic E-state index is 0.0377. The molecule has 0 saturated carbocycles. The topological polar surface area (TPSA) is 77.6 Å². The van der Waals surface area contributed by atoms with Gasteiger partial charge in [-0.25, -0.2) is 4.52 Å². The summed E-state index contributed by atoms with van der Waals surface area (Å²) in [5.74, 6) is 0.0445. The molecule has 8 nitrogen and oxygen atoms in total. The summed E-state index contributed by atoms with van der Waals surface area (Å²) < 4.78 is 9.24. The van der Waals surface area contributed by atoms with Crippen molar-refractivity contribution in [3.8, 4) is 0 Å². The standard InChI is InChI=1S/C20H24N6O2/c1-14(2)26-12-16(10-22-26)18-20(4-7-28-8-5-20)13-24(18)19(27)15-3-6-25-17(9-15)11-21-23-25/h3,6,9-12,14,18H,4-5,7-8,13H2,1-2H3. The van der Waals surface area contributed by atoms with Gasteiger partial charge in [0.2, 0.25) is 0 Å². The second kappa shape index (κ2) is 6.41. The van der Waals surface area contributed by atoms with E-state index in [1.54, 1.807) is 16.9 Å². The zero-order valence-electron chi connectivity index (χ0n) is 16.2. The van der Waals surface area contributed by atoms with Gasteiger partial charge in [0, 0.05) is 54.7 Å². The molecule has 2 saturated heterocycles. The number of aromatic nitrogens is 5. The van der Waals surface area contributed by atoms with E-state index >= 15 is 0 Å². The van der Waals surface area contributed by atoms with Crippen LogP contribution in [0.3, 0.4) is 0 Å². The van der Waals surface area contributed by atoms with Crippen LogP contribution in [0.25, 0.3) is 5.52 Å². The smallest absolute Gasteiger partial charge is 0.254 e. The summed E-state index contributed by atoms with van der Waals surface area (Å²) in [6.07, 6.45) is 9.41. The first-order chi connectivity index (χ1) is 13.6. The van der Waals surface area contributed by atoms with Crippen LogP contribution in [0.4, 0.5) is 0 Å². The Morgan fingerprint density at radius 1 is 1.29 bits per heavy atom. The third-order valence-corrected chi connectivity index (χ3v) is 6.14. The Balaban J connectivity index is 1.49. The first-order valence-corrected chi connectivity index (χ1v) is 9.80. The molecular formula is C20H24N6O2. The number of ether oxygens (including phenoxy) is 1. The van der Waals surface area contributed by atoms with E-state index in [-0.39, 0.29) is 17.4 Å². The van der Waals surface area contributed by atoms with Crippen molar-refractivity contribution in [3.63, 3.8) is 0 Å². The van der Waals surface area contributed by atoms with Crippen LogP contribution in [0.15, 0.2) is 36.9 Å². The Morgan fingerprint density at radius 3 is 2.86 bits per heavy atom. The average Bonchev–Trinajstić information content (AvgIpc) is 3.35. The monoisotopic (exact) mass is 380 g/mol. The number of amides is 1. The molecule has 0 bridgehead atoms. The predicted molar refractivity (Wildman–Crippen MR) is 102 cm³/mol. The van der Waals surface area contributed by atoms with Crippen molar-refractivity contribution < 1.29 is 9.53 Å². The number of carbonyl (C=O) groups is 1. The summed E-state index contributed by atoms with van der Waals surface area (Å²) in [5.41, 5.74) is 2.68. The summed E-state index contributed by atoms with van der Waals surface area (Å²) in [5, 5.41) is 12.4. The molecule has 1 spiro atoms. The number of fused-ring (bicyclic) bond motifs is 1. The maximum absolute atomic E-state index is 13.4. The normalized spacial score (nSPS) is 21.4. The van der Waals surface area contributed by atoms with Crippen molar-refractivity contribution in [2.24, 2.45) is 5.41 Å². The maximum atomic E-state index is 13.4. The van der Waals surface area contributed by atoms with Crippen LogP contribution in [0.1, 0.15) is 54.7 Å². The van der Waals surface area contributed by atoms with Gasteiger partial charge in [-0.15, -0.1) is 5.10 Å². The van der Waals surface area contributed by atoms with E-state index in [0.29, 0.717) is 11.6 Å². The van der Waals surface area contributed by atoms with Crippen molar-refractivity contribution in [3.05, 3.63) is 48.0 Å². The largest absolute Gasteiger partial charge is 0.381 e. The first kappa shape index (κ1) is 17.4. The number of hydrogen-bond acceptors (Lipinski definition) is 5.